The molecule has 2 N–H and O–H groups in total. The molecule has 0 saturated carbocycles. The number of benzene rings is 1. The van der Waals surface area contributed by atoms with E-state index in [2.05, 4.69) is 25.8 Å². The third-order valence-corrected chi connectivity index (χ3v) is 5.95. The van der Waals surface area contributed by atoms with Crippen molar-refractivity contribution in [2.24, 2.45) is 0 Å². The molecular weight excluding hydrogens is 408 g/mol. The van der Waals surface area contributed by atoms with E-state index in [1.54, 1.807) is 6.07 Å². The van der Waals surface area contributed by atoms with Gasteiger partial charge in [0, 0.05) is 17.5 Å². The molecule has 29 heavy (non-hydrogen) atoms. The number of amides is 2. The van der Waals surface area contributed by atoms with Gasteiger partial charge in [0.15, 0.2) is 16.1 Å². The molecular formula is C19H22N6O2S2. The van der Waals surface area contributed by atoms with Crippen molar-refractivity contribution >= 4 is 40.0 Å². The average molecular weight is 431 g/mol. The molecule has 2 aromatic heterocycles. The highest BCUT2D eigenvalue weighted by atomic mass is 32.2. The van der Waals surface area contributed by atoms with Crippen LogP contribution in [0, 0.1) is 13.8 Å². The fourth-order valence-corrected chi connectivity index (χ4v) is 4.18. The zero-order valence-corrected chi connectivity index (χ0v) is 18.1. The van der Waals surface area contributed by atoms with Gasteiger partial charge in [-0.15, -0.1) is 21.5 Å². The summed E-state index contributed by atoms with van der Waals surface area (Å²) < 4.78 is 1.89. The molecule has 2 amide bonds. The molecule has 0 spiro atoms. The van der Waals surface area contributed by atoms with Gasteiger partial charge in [-0.2, -0.15) is 0 Å². The summed E-state index contributed by atoms with van der Waals surface area (Å²) >= 11 is 2.70. The Balaban J connectivity index is 1.57. The number of rotatable bonds is 8. The first-order valence-electron chi connectivity index (χ1n) is 9.08. The van der Waals surface area contributed by atoms with E-state index in [4.69, 9.17) is 0 Å². The van der Waals surface area contributed by atoms with Crippen LogP contribution in [0.2, 0.25) is 0 Å². The normalized spacial score (nSPS) is 10.7. The van der Waals surface area contributed by atoms with Crippen molar-refractivity contribution in [1.29, 1.82) is 0 Å². The number of hydrogen-bond acceptors (Lipinski definition) is 7. The van der Waals surface area contributed by atoms with Gasteiger partial charge in [0.05, 0.1) is 18.0 Å². The first kappa shape index (κ1) is 21.0. The highest BCUT2D eigenvalue weighted by Gasteiger charge is 2.15. The SMILES string of the molecule is CCn1c(CNC(=O)c2ccccc2C)nnc1SCC(=O)Nc1nc(C)cs1. The average Bonchev–Trinajstić information content (AvgIpc) is 3.30. The van der Waals surface area contributed by atoms with Gasteiger partial charge >= 0.3 is 0 Å². The van der Waals surface area contributed by atoms with Crippen LogP contribution in [0.4, 0.5) is 5.13 Å². The lowest BCUT2D eigenvalue weighted by Gasteiger charge is -2.09. The van der Waals surface area contributed by atoms with Gasteiger partial charge in [-0.05, 0) is 32.4 Å². The third-order valence-electron chi connectivity index (χ3n) is 4.10. The quantitative estimate of drug-likeness (QED) is 0.533. The second-order valence-corrected chi connectivity index (χ2v) is 8.07. The molecule has 1 aromatic carbocycles. The summed E-state index contributed by atoms with van der Waals surface area (Å²) in [6.45, 7) is 6.65. The Bertz CT molecular complexity index is 1010. The van der Waals surface area contributed by atoms with Crippen molar-refractivity contribution in [3.05, 3.63) is 52.3 Å². The Labute approximate surface area is 177 Å². The second kappa shape index (κ2) is 9.66. The number of nitrogens with one attached hydrogen (secondary N) is 2. The van der Waals surface area contributed by atoms with Gasteiger partial charge in [0.2, 0.25) is 5.91 Å². The minimum Gasteiger partial charge on any atom is -0.345 e. The molecule has 2 heterocycles. The van der Waals surface area contributed by atoms with Crippen LogP contribution in [0.25, 0.3) is 0 Å². The number of aromatic nitrogens is 4. The van der Waals surface area contributed by atoms with Crippen molar-refractivity contribution in [1.82, 2.24) is 25.1 Å². The van der Waals surface area contributed by atoms with Gasteiger partial charge in [0.25, 0.3) is 5.91 Å². The summed E-state index contributed by atoms with van der Waals surface area (Å²) in [5, 5.41) is 17.1. The Morgan fingerprint density at radius 3 is 2.69 bits per heavy atom. The maximum Gasteiger partial charge on any atom is 0.251 e. The molecule has 0 aliphatic carbocycles. The fraction of sp³-hybridized carbons (Fsp3) is 0.316. The van der Waals surface area contributed by atoms with E-state index >= 15 is 0 Å². The smallest absolute Gasteiger partial charge is 0.251 e. The molecule has 0 aliphatic heterocycles. The number of aryl methyl sites for hydroxylation is 2. The highest BCUT2D eigenvalue weighted by Crippen LogP contribution is 2.19. The van der Waals surface area contributed by atoms with Crippen LogP contribution >= 0.6 is 23.1 Å². The Morgan fingerprint density at radius 1 is 1.21 bits per heavy atom. The first-order chi connectivity index (χ1) is 14.0. The van der Waals surface area contributed by atoms with Gasteiger partial charge in [0.1, 0.15) is 0 Å². The van der Waals surface area contributed by atoms with E-state index in [9.17, 15) is 9.59 Å². The highest BCUT2D eigenvalue weighted by molar-refractivity contribution is 7.99. The number of carbonyl (C=O) groups is 2. The monoisotopic (exact) mass is 430 g/mol. The Hall–Kier alpha value is -2.72. The molecule has 0 atom stereocenters. The minimum absolute atomic E-state index is 0.149. The summed E-state index contributed by atoms with van der Waals surface area (Å²) in [7, 11) is 0. The maximum atomic E-state index is 12.4. The van der Waals surface area contributed by atoms with E-state index < -0.39 is 0 Å². The minimum atomic E-state index is -0.152. The molecule has 0 radical (unpaired) electrons. The summed E-state index contributed by atoms with van der Waals surface area (Å²) in [5.41, 5.74) is 2.43. The number of carbonyl (C=O) groups excluding carboxylic acids is 2. The Kier molecular flexibility index (Phi) is 6.99. The molecule has 0 saturated heterocycles. The molecule has 10 heteroatoms. The topological polar surface area (TPSA) is 102 Å². The zero-order valence-electron chi connectivity index (χ0n) is 16.4. The van der Waals surface area contributed by atoms with E-state index in [1.165, 1.54) is 23.1 Å². The number of anilines is 1. The van der Waals surface area contributed by atoms with Crippen LogP contribution < -0.4 is 10.6 Å². The standard InChI is InChI=1S/C19H22N6O2S2/c1-4-25-15(9-20-17(27)14-8-6-5-7-12(14)2)23-24-19(25)29-11-16(26)22-18-21-13(3)10-28-18/h5-8,10H,4,9,11H2,1-3H3,(H,20,27)(H,21,22,26). The van der Waals surface area contributed by atoms with E-state index in [0.29, 0.717) is 28.2 Å². The van der Waals surface area contributed by atoms with Gasteiger partial charge < -0.3 is 15.2 Å². The largest absolute Gasteiger partial charge is 0.345 e. The second-order valence-electron chi connectivity index (χ2n) is 6.27. The van der Waals surface area contributed by atoms with Crippen LogP contribution in [0.3, 0.4) is 0 Å². The lowest BCUT2D eigenvalue weighted by Crippen LogP contribution is -2.25. The van der Waals surface area contributed by atoms with Gasteiger partial charge in [-0.1, -0.05) is 30.0 Å². The van der Waals surface area contributed by atoms with Gasteiger partial charge in [-0.3, -0.25) is 9.59 Å². The fourth-order valence-electron chi connectivity index (χ4n) is 2.65. The van der Waals surface area contributed by atoms with Crippen molar-refractivity contribution in [3.63, 3.8) is 0 Å². The Morgan fingerprint density at radius 2 is 2.00 bits per heavy atom. The maximum absolute atomic E-state index is 12.4. The summed E-state index contributed by atoms with van der Waals surface area (Å²) in [4.78, 5) is 28.7. The lowest BCUT2D eigenvalue weighted by molar-refractivity contribution is -0.113. The van der Waals surface area contributed by atoms with Crippen LogP contribution in [0.15, 0.2) is 34.8 Å². The molecule has 0 bridgehead atoms. The molecule has 0 fully saturated rings. The van der Waals surface area contributed by atoms with Crippen molar-refractivity contribution < 1.29 is 9.59 Å². The van der Waals surface area contributed by atoms with Crippen molar-refractivity contribution in [2.45, 2.75) is 39.0 Å². The summed E-state index contributed by atoms with van der Waals surface area (Å²) in [6, 6.07) is 7.42. The molecule has 3 rings (SSSR count). The van der Waals surface area contributed by atoms with Crippen molar-refractivity contribution in [2.75, 3.05) is 11.1 Å². The van der Waals surface area contributed by atoms with Gasteiger partial charge in [-0.25, -0.2) is 4.98 Å². The lowest BCUT2D eigenvalue weighted by atomic mass is 10.1. The zero-order chi connectivity index (χ0) is 20.8. The summed E-state index contributed by atoms with van der Waals surface area (Å²) in [6.07, 6.45) is 0. The molecule has 152 valence electrons. The van der Waals surface area contributed by atoms with Crippen LogP contribution in [-0.4, -0.2) is 37.3 Å². The van der Waals surface area contributed by atoms with E-state index in [1.807, 2.05) is 48.9 Å². The number of thioether (sulfide) groups is 1. The van der Waals surface area contributed by atoms with E-state index in [-0.39, 0.29) is 24.1 Å². The number of thiazole rings is 1. The molecule has 0 aliphatic rings. The van der Waals surface area contributed by atoms with Crippen LogP contribution in [0.5, 0.6) is 0 Å². The molecule has 8 nitrogen and oxygen atoms in total. The van der Waals surface area contributed by atoms with E-state index in [0.717, 1.165) is 11.3 Å². The van der Waals surface area contributed by atoms with Crippen LogP contribution in [0.1, 0.15) is 34.4 Å². The van der Waals surface area contributed by atoms with Crippen molar-refractivity contribution in [3.8, 4) is 0 Å². The third kappa shape index (κ3) is 5.42. The summed E-state index contributed by atoms with van der Waals surface area (Å²) in [5.74, 6) is 0.546. The predicted molar refractivity (Wildman–Crippen MR) is 114 cm³/mol. The van der Waals surface area contributed by atoms with Crippen LogP contribution in [-0.2, 0) is 17.9 Å². The molecule has 0 unspecified atom stereocenters. The number of hydrogen-bond donors (Lipinski definition) is 2. The first-order valence-corrected chi connectivity index (χ1v) is 10.9. The number of nitrogens with zero attached hydrogens (tertiary/aromatic N) is 4. The molecule has 3 aromatic rings. The predicted octanol–water partition coefficient (Wildman–Crippen LogP) is 3.03.